The van der Waals surface area contributed by atoms with E-state index < -0.39 is 5.41 Å². The molecule has 0 aromatic carbocycles. The highest BCUT2D eigenvalue weighted by molar-refractivity contribution is 5.80. The fourth-order valence-corrected chi connectivity index (χ4v) is 1.72. The first kappa shape index (κ1) is 12.2. The van der Waals surface area contributed by atoms with Crippen molar-refractivity contribution in [3.8, 4) is 0 Å². The highest BCUT2D eigenvalue weighted by atomic mass is 16.1. The van der Waals surface area contributed by atoms with Gasteiger partial charge in [-0.2, -0.15) is 0 Å². The summed E-state index contributed by atoms with van der Waals surface area (Å²) in [6.45, 7) is 5.41. The quantitative estimate of drug-likeness (QED) is 0.675. The van der Waals surface area contributed by atoms with Crippen LogP contribution < -0.4 is 11.1 Å². The standard InChI is InChI=1S/C12H22N2O/c1-12(2,11(13)15)9-14-8-10-6-4-3-5-7-10/h3-4,10,14H,5-9H2,1-2H3,(H2,13,15). The molecule has 3 heteroatoms. The second-order valence-electron chi connectivity index (χ2n) is 5.03. The molecule has 1 amide bonds. The molecular weight excluding hydrogens is 188 g/mol. The second kappa shape index (κ2) is 5.31. The molecule has 86 valence electrons. The van der Waals surface area contributed by atoms with Crippen LogP contribution in [0.4, 0.5) is 0 Å². The third-order valence-electron chi connectivity index (χ3n) is 3.04. The van der Waals surface area contributed by atoms with Crippen LogP contribution in [0, 0.1) is 11.3 Å². The average Bonchev–Trinajstić information content (AvgIpc) is 2.19. The van der Waals surface area contributed by atoms with Crippen molar-refractivity contribution in [3.05, 3.63) is 12.2 Å². The molecule has 0 fully saturated rings. The van der Waals surface area contributed by atoms with E-state index in [1.54, 1.807) is 0 Å². The Bertz CT molecular complexity index is 246. The molecule has 1 rings (SSSR count). The predicted octanol–water partition coefficient (Wildman–Crippen LogP) is 1.44. The minimum atomic E-state index is -0.440. The Morgan fingerprint density at radius 1 is 1.53 bits per heavy atom. The van der Waals surface area contributed by atoms with Gasteiger partial charge in [0.05, 0.1) is 5.41 Å². The van der Waals surface area contributed by atoms with Gasteiger partial charge in [0, 0.05) is 6.54 Å². The van der Waals surface area contributed by atoms with Crippen molar-refractivity contribution in [1.82, 2.24) is 5.32 Å². The molecule has 0 aromatic heterocycles. The Kier molecular flexibility index (Phi) is 4.33. The van der Waals surface area contributed by atoms with E-state index in [0.29, 0.717) is 6.54 Å². The van der Waals surface area contributed by atoms with Gasteiger partial charge in [-0.1, -0.05) is 12.2 Å². The minimum Gasteiger partial charge on any atom is -0.369 e. The summed E-state index contributed by atoms with van der Waals surface area (Å²) in [5.41, 5.74) is 4.86. The maximum Gasteiger partial charge on any atom is 0.224 e. The first-order valence-corrected chi connectivity index (χ1v) is 5.68. The molecule has 0 saturated carbocycles. The van der Waals surface area contributed by atoms with Crippen LogP contribution in [-0.4, -0.2) is 19.0 Å². The predicted molar refractivity (Wildman–Crippen MR) is 62.3 cm³/mol. The zero-order chi connectivity index (χ0) is 11.3. The van der Waals surface area contributed by atoms with E-state index in [1.807, 2.05) is 13.8 Å². The Morgan fingerprint density at radius 3 is 2.80 bits per heavy atom. The van der Waals surface area contributed by atoms with Crippen LogP contribution in [0.3, 0.4) is 0 Å². The number of hydrogen-bond donors (Lipinski definition) is 2. The molecular formula is C12H22N2O. The van der Waals surface area contributed by atoms with Crippen LogP contribution in [0.25, 0.3) is 0 Å². The average molecular weight is 210 g/mol. The number of nitrogens with two attached hydrogens (primary N) is 1. The number of carbonyl (C=O) groups excluding carboxylic acids is 1. The normalized spacial score (nSPS) is 21.6. The molecule has 0 radical (unpaired) electrons. The number of hydrogen-bond acceptors (Lipinski definition) is 2. The topological polar surface area (TPSA) is 55.1 Å². The summed E-state index contributed by atoms with van der Waals surface area (Å²) in [7, 11) is 0. The van der Waals surface area contributed by atoms with E-state index in [2.05, 4.69) is 17.5 Å². The van der Waals surface area contributed by atoms with Gasteiger partial charge in [-0.05, 0) is 45.6 Å². The van der Waals surface area contributed by atoms with Gasteiger partial charge in [0.15, 0.2) is 0 Å². The van der Waals surface area contributed by atoms with E-state index in [4.69, 9.17) is 5.73 Å². The van der Waals surface area contributed by atoms with Gasteiger partial charge in [-0.15, -0.1) is 0 Å². The maximum atomic E-state index is 11.1. The number of rotatable bonds is 5. The monoisotopic (exact) mass is 210 g/mol. The Balaban J connectivity index is 2.21. The number of primary amides is 1. The number of allylic oxidation sites excluding steroid dienone is 2. The summed E-state index contributed by atoms with van der Waals surface area (Å²) in [4.78, 5) is 11.1. The molecule has 0 bridgehead atoms. The molecule has 0 saturated heterocycles. The molecule has 1 unspecified atom stereocenters. The van der Waals surface area contributed by atoms with E-state index >= 15 is 0 Å². The molecule has 0 aliphatic heterocycles. The fraction of sp³-hybridized carbons (Fsp3) is 0.750. The number of amides is 1. The summed E-state index contributed by atoms with van der Waals surface area (Å²) in [6, 6.07) is 0. The lowest BCUT2D eigenvalue weighted by Gasteiger charge is -2.24. The van der Waals surface area contributed by atoms with Crippen molar-refractivity contribution in [3.63, 3.8) is 0 Å². The third kappa shape index (κ3) is 4.04. The van der Waals surface area contributed by atoms with Crippen molar-refractivity contribution < 1.29 is 4.79 Å². The zero-order valence-corrected chi connectivity index (χ0v) is 9.75. The highest BCUT2D eigenvalue weighted by Gasteiger charge is 2.24. The molecule has 0 aromatic rings. The first-order valence-electron chi connectivity index (χ1n) is 5.68. The molecule has 1 atom stereocenters. The Hall–Kier alpha value is -0.830. The number of carbonyl (C=O) groups is 1. The van der Waals surface area contributed by atoms with E-state index in [9.17, 15) is 4.79 Å². The Labute approximate surface area is 92.1 Å². The lowest BCUT2D eigenvalue weighted by Crippen LogP contribution is -2.41. The fourth-order valence-electron chi connectivity index (χ4n) is 1.72. The van der Waals surface area contributed by atoms with Crippen LogP contribution in [0.2, 0.25) is 0 Å². The molecule has 3 nitrogen and oxygen atoms in total. The van der Waals surface area contributed by atoms with Gasteiger partial charge >= 0.3 is 0 Å². The molecule has 1 aliphatic rings. The maximum absolute atomic E-state index is 11.1. The molecule has 3 N–H and O–H groups in total. The highest BCUT2D eigenvalue weighted by Crippen LogP contribution is 2.18. The third-order valence-corrected chi connectivity index (χ3v) is 3.04. The zero-order valence-electron chi connectivity index (χ0n) is 9.75. The smallest absolute Gasteiger partial charge is 0.224 e. The lowest BCUT2D eigenvalue weighted by molar-refractivity contribution is -0.125. The van der Waals surface area contributed by atoms with Crippen molar-refractivity contribution in [2.75, 3.05) is 13.1 Å². The van der Waals surface area contributed by atoms with Gasteiger partial charge in [-0.25, -0.2) is 0 Å². The van der Waals surface area contributed by atoms with Crippen LogP contribution >= 0.6 is 0 Å². The van der Waals surface area contributed by atoms with Crippen LogP contribution in [0.15, 0.2) is 12.2 Å². The lowest BCUT2D eigenvalue weighted by atomic mass is 9.91. The largest absolute Gasteiger partial charge is 0.369 e. The SMILES string of the molecule is CC(C)(CNCC1CC=CCC1)C(N)=O. The van der Waals surface area contributed by atoms with Crippen molar-refractivity contribution in [2.24, 2.45) is 17.1 Å². The van der Waals surface area contributed by atoms with Gasteiger partial charge in [0.1, 0.15) is 0 Å². The Morgan fingerprint density at radius 2 is 2.27 bits per heavy atom. The van der Waals surface area contributed by atoms with Crippen LogP contribution in [-0.2, 0) is 4.79 Å². The van der Waals surface area contributed by atoms with Crippen molar-refractivity contribution >= 4 is 5.91 Å². The summed E-state index contributed by atoms with van der Waals surface area (Å²) in [6.07, 6.45) is 8.08. The second-order valence-corrected chi connectivity index (χ2v) is 5.03. The minimum absolute atomic E-state index is 0.237. The van der Waals surface area contributed by atoms with Crippen molar-refractivity contribution in [1.29, 1.82) is 0 Å². The molecule has 0 heterocycles. The summed E-state index contributed by atoms with van der Waals surface area (Å²) in [5.74, 6) is 0.484. The van der Waals surface area contributed by atoms with Gasteiger partial charge in [0.25, 0.3) is 0 Å². The molecule has 1 aliphatic carbocycles. The summed E-state index contributed by atoms with van der Waals surface area (Å²) in [5, 5.41) is 3.34. The van der Waals surface area contributed by atoms with Gasteiger partial charge in [0.2, 0.25) is 5.91 Å². The van der Waals surface area contributed by atoms with Gasteiger partial charge in [-0.3, -0.25) is 4.79 Å². The number of nitrogens with one attached hydrogen (secondary N) is 1. The molecule has 15 heavy (non-hydrogen) atoms. The molecule has 0 spiro atoms. The van der Waals surface area contributed by atoms with E-state index in [1.165, 1.54) is 12.8 Å². The summed E-state index contributed by atoms with van der Waals surface area (Å²) >= 11 is 0. The summed E-state index contributed by atoms with van der Waals surface area (Å²) < 4.78 is 0. The van der Waals surface area contributed by atoms with E-state index in [-0.39, 0.29) is 5.91 Å². The van der Waals surface area contributed by atoms with E-state index in [0.717, 1.165) is 18.9 Å². The van der Waals surface area contributed by atoms with Crippen LogP contribution in [0.1, 0.15) is 33.1 Å². The first-order chi connectivity index (χ1) is 7.02. The van der Waals surface area contributed by atoms with Gasteiger partial charge < -0.3 is 11.1 Å². The van der Waals surface area contributed by atoms with Crippen LogP contribution in [0.5, 0.6) is 0 Å². The van der Waals surface area contributed by atoms with Crippen molar-refractivity contribution in [2.45, 2.75) is 33.1 Å².